The van der Waals surface area contributed by atoms with Gasteiger partial charge in [-0.05, 0) is 61.0 Å². The number of benzene rings is 2. The average molecular weight is 432 g/mol. The summed E-state index contributed by atoms with van der Waals surface area (Å²) in [5.41, 5.74) is 5.26. The van der Waals surface area contributed by atoms with Gasteiger partial charge in [0.15, 0.2) is 0 Å². The number of nitrogens with zero attached hydrogens (tertiary/aromatic N) is 2. The van der Waals surface area contributed by atoms with Crippen LogP contribution >= 0.6 is 0 Å². The van der Waals surface area contributed by atoms with Crippen LogP contribution in [0.15, 0.2) is 47.3 Å². The molecule has 6 nitrogen and oxygen atoms in total. The van der Waals surface area contributed by atoms with Gasteiger partial charge in [0, 0.05) is 37.2 Å². The highest BCUT2D eigenvalue weighted by molar-refractivity contribution is 5.95. The highest BCUT2D eigenvalue weighted by Gasteiger charge is 2.22. The lowest BCUT2D eigenvalue weighted by atomic mass is 10.0. The molecule has 166 valence electrons. The van der Waals surface area contributed by atoms with Crippen LogP contribution in [0.5, 0.6) is 0 Å². The summed E-state index contributed by atoms with van der Waals surface area (Å²) in [6.45, 7) is 7.25. The molecule has 1 N–H and O–H groups in total. The number of aromatic amines is 1. The van der Waals surface area contributed by atoms with E-state index in [9.17, 15) is 14.4 Å². The van der Waals surface area contributed by atoms with Crippen molar-refractivity contribution in [2.45, 2.75) is 53.1 Å². The van der Waals surface area contributed by atoms with Crippen molar-refractivity contribution < 1.29 is 9.59 Å². The molecule has 4 rings (SSSR count). The Morgan fingerprint density at radius 1 is 1.06 bits per heavy atom. The second kappa shape index (κ2) is 8.99. The summed E-state index contributed by atoms with van der Waals surface area (Å²) in [5.74, 6) is 0.144. The lowest BCUT2D eigenvalue weighted by Crippen LogP contribution is -2.32. The van der Waals surface area contributed by atoms with Gasteiger partial charge in [-0.2, -0.15) is 0 Å². The van der Waals surface area contributed by atoms with Gasteiger partial charge in [-0.15, -0.1) is 0 Å². The van der Waals surface area contributed by atoms with Crippen molar-refractivity contribution in [1.82, 2.24) is 9.88 Å². The van der Waals surface area contributed by atoms with Crippen molar-refractivity contribution in [3.8, 4) is 0 Å². The molecule has 0 aliphatic carbocycles. The van der Waals surface area contributed by atoms with Crippen molar-refractivity contribution in [2.24, 2.45) is 0 Å². The molecule has 1 aromatic heterocycles. The fourth-order valence-electron chi connectivity index (χ4n) is 4.43. The Bertz CT molecular complexity index is 1230. The normalized spacial score (nSPS) is 13.7. The zero-order valence-electron chi connectivity index (χ0n) is 18.9. The number of fused-ring (bicyclic) bond motifs is 1. The molecule has 0 bridgehead atoms. The summed E-state index contributed by atoms with van der Waals surface area (Å²) in [6.07, 6.45) is 1.85. The van der Waals surface area contributed by atoms with Gasteiger partial charge in [0.2, 0.25) is 11.8 Å². The van der Waals surface area contributed by atoms with Crippen LogP contribution in [0.25, 0.3) is 10.9 Å². The van der Waals surface area contributed by atoms with Gasteiger partial charge >= 0.3 is 0 Å². The van der Waals surface area contributed by atoms with E-state index < -0.39 is 0 Å². The van der Waals surface area contributed by atoms with Crippen molar-refractivity contribution in [1.29, 1.82) is 0 Å². The predicted molar refractivity (Wildman–Crippen MR) is 127 cm³/mol. The molecule has 0 saturated carbocycles. The predicted octanol–water partition coefficient (Wildman–Crippen LogP) is 4.21. The van der Waals surface area contributed by atoms with Crippen LogP contribution in [-0.4, -0.2) is 28.2 Å². The maximum Gasteiger partial charge on any atom is 0.253 e. The number of aryl methyl sites for hydroxylation is 2. The molecule has 2 aromatic carbocycles. The maximum absolute atomic E-state index is 12.8. The number of hydrogen-bond donors (Lipinski definition) is 1. The monoisotopic (exact) mass is 431 g/mol. The first kappa shape index (κ1) is 21.8. The Morgan fingerprint density at radius 3 is 2.47 bits per heavy atom. The number of pyridine rings is 1. The van der Waals surface area contributed by atoms with E-state index >= 15 is 0 Å². The SMILES string of the molecule is CCC(=O)N(Cc1ccc(N2CCCC2=O)cc1)Cc1cc2cc(C)cc(C)c2[nH]c1=O. The first-order chi connectivity index (χ1) is 15.4. The van der Waals surface area contributed by atoms with Gasteiger partial charge in [-0.3, -0.25) is 14.4 Å². The molecule has 6 heteroatoms. The van der Waals surface area contributed by atoms with Crippen LogP contribution < -0.4 is 10.5 Å². The number of rotatable bonds is 6. The first-order valence-electron chi connectivity index (χ1n) is 11.2. The van der Waals surface area contributed by atoms with E-state index in [4.69, 9.17) is 0 Å². The number of amides is 2. The Balaban J connectivity index is 1.58. The largest absolute Gasteiger partial charge is 0.334 e. The highest BCUT2D eigenvalue weighted by Crippen LogP contribution is 2.23. The molecule has 3 aromatic rings. The van der Waals surface area contributed by atoms with Gasteiger partial charge in [-0.1, -0.05) is 30.7 Å². The van der Waals surface area contributed by atoms with Crippen LogP contribution in [0.2, 0.25) is 0 Å². The molecule has 1 fully saturated rings. The second-order valence-corrected chi connectivity index (χ2v) is 8.59. The van der Waals surface area contributed by atoms with E-state index in [1.807, 2.05) is 63.2 Å². The number of carbonyl (C=O) groups is 2. The Morgan fingerprint density at radius 2 is 1.81 bits per heavy atom. The van der Waals surface area contributed by atoms with Crippen molar-refractivity contribution in [2.75, 3.05) is 11.4 Å². The average Bonchev–Trinajstić information content (AvgIpc) is 3.20. The van der Waals surface area contributed by atoms with E-state index in [1.165, 1.54) is 0 Å². The lowest BCUT2D eigenvalue weighted by molar-refractivity contribution is -0.132. The highest BCUT2D eigenvalue weighted by atomic mass is 16.2. The number of anilines is 1. The lowest BCUT2D eigenvalue weighted by Gasteiger charge is -2.23. The van der Waals surface area contributed by atoms with Gasteiger partial charge in [0.05, 0.1) is 12.1 Å². The Hall–Kier alpha value is -3.41. The molecule has 2 amide bonds. The molecule has 1 aliphatic rings. The third-order valence-electron chi connectivity index (χ3n) is 6.08. The minimum absolute atomic E-state index is 0.0104. The Labute approximate surface area is 187 Å². The van der Waals surface area contributed by atoms with E-state index in [-0.39, 0.29) is 23.9 Å². The third-order valence-corrected chi connectivity index (χ3v) is 6.08. The molecule has 0 spiro atoms. The minimum Gasteiger partial charge on any atom is -0.334 e. The van der Waals surface area contributed by atoms with Crippen molar-refractivity contribution in [3.05, 3.63) is 75.1 Å². The van der Waals surface area contributed by atoms with Gasteiger partial charge in [-0.25, -0.2) is 0 Å². The maximum atomic E-state index is 12.8. The number of aromatic nitrogens is 1. The van der Waals surface area contributed by atoms with Crippen LogP contribution in [0.1, 0.15) is 48.4 Å². The summed E-state index contributed by atoms with van der Waals surface area (Å²) in [5, 5.41) is 0.973. The number of H-pyrrole nitrogens is 1. The van der Waals surface area contributed by atoms with Crippen molar-refractivity contribution in [3.63, 3.8) is 0 Å². The molecule has 0 atom stereocenters. The standard InChI is InChI=1S/C26H29N3O3/c1-4-23(30)28(15-19-7-9-22(10-8-19)29-11-5-6-24(29)31)16-21-14-20-13-17(2)12-18(3)25(20)27-26(21)32/h7-10,12-14H,4-6,11,15-16H2,1-3H3,(H,27,32). The molecule has 1 saturated heterocycles. The zero-order chi connectivity index (χ0) is 22.8. The van der Waals surface area contributed by atoms with E-state index in [0.29, 0.717) is 24.9 Å². The molecular weight excluding hydrogens is 402 g/mol. The smallest absolute Gasteiger partial charge is 0.253 e. The van der Waals surface area contributed by atoms with E-state index in [1.54, 1.807) is 9.80 Å². The van der Waals surface area contributed by atoms with Gasteiger partial charge in [0.25, 0.3) is 5.56 Å². The Kier molecular flexibility index (Phi) is 6.12. The fourth-order valence-corrected chi connectivity index (χ4v) is 4.43. The summed E-state index contributed by atoms with van der Waals surface area (Å²) >= 11 is 0. The molecule has 32 heavy (non-hydrogen) atoms. The van der Waals surface area contributed by atoms with Crippen LogP contribution in [-0.2, 0) is 22.7 Å². The molecule has 0 radical (unpaired) electrons. The summed E-state index contributed by atoms with van der Waals surface area (Å²) in [4.78, 5) is 43.9. The van der Waals surface area contributed by atoms with Crippen LogP contribution in [0.4, 0.5) is 5.69 Å². The minimum atomic E-state index is -0.166. The van der Waals surface area contributed by atoms with Crippen LogP contribution in [0, 0.1) is 13.8 Å². The van der Waals surface area contributed by atoms with Crippen LogP contribution in [0.3, 0.4) is 0 Å². The van der Waals surface area contributed by atoms with E-state index in [2.05, 4.69) is 4.98 Å². The molecule has 2 heterocycles. The van der Waals surface area contributed by atoms with Gasteiger partial charge < -0.3 is 14.8 Å². The molecule has 1 aliphatic heterocycles. The number of nitrogens with one attached hydrogen (secondary N) is 1. The van der Waals surface area contributed by atoms with Crippen molar-refractivity contribution >= 4 is 28.4 Å². The molecule has 0 unspecified atom stereocenters. The molecular formula is C26H29N3O3. The topological polar surface area (TPSA) is 73.5 Å². The third kappa shape index (κ3) is 4.44. The summed E-state index contributed by atoms with van der Waals surface area (Å²) in [7, 11) is 0. The summed E-state index contributed by atoms with van der Waals surface area (Å²) < 4.78 is 0. The number of hydrogen-bond acceptors (Lipinski definition) is 3. The number of carbonyl (C=O) groups excluding carboxylic acids is 2. The summed E-state index contributed by atoms with van der Waals surface area (Å²) in [6, 6.07) is 13.8. The van der Waals surface area contributed by atoms with Gasteiger partial charge in [0.1, 0.15) is 0 Å². The second-order valence-electron chi connectivity index (χ2n) is 8.59. The van der Waals surface area contributed by atoms with E-state index in [0.717, 1.165) is 46.2 Å². The first-order valence-corrected chi connectivity index (χ1v) is 11.2. The quantitative estimate of drug-likeness (QED) is 0.635. The fraction of sp³-hybridized carbons (Fsp3) is 0.346. The zero-order valence-corrected chi connectivity index (χ0v) is 18.9.